The molecule has 0 fully saturated rings. The number of aryl methyl sites for hydroxylation is 1. The zero-order chi connectivity index (χ0) is 22.0. The van der Waals surface area contributed by atoms with E-state index < -0.39 is 5.25 Å². The number of hydrogen-bond donors (Lipinski definition) is 2. The minimum Gasteiger partial charge on any atom is -0.335 e. The number of carbonyl (C=O) groups is 1. The molecule has 1 unspecified atom stereocenters. The minimum atomic E-state index is -0.474. The molecule has 1 atom stereocenters. The Bertz CT molecular complexity index is 1150. The van der Waals surface area contributed by atoms with E-state index in [4.69, 9.17) is 17.4 Å². The van der Waals surface area contributed by atoms with E-state index in [1.54, 1.807) is 19.1 Å². The molecule has 1 amide bonds. The first-order chi connectivity index (χ1) is 15.0. The molecule has 0 aliphatic heterocycles. The zero-order valence-corrected chi connectivity index (χ0v) is 19.3. The van der Waals surface area contributed by atoms with Gasteiger partial charge in [0.2, 0.25) is 11.1 Å². The van der Waals surface area contributed by atoms with E-state index in [-0.39, 0.29) is 5.91 Å². The lowest BCUT2D eigenvalue weighted by molar-refractivity contribution is -0.115. The van der Waals surface area contributed by atoms with Crippen molar-refractivity contribution < 1.29 is 4.79 Å². The van der Waals surface area contributed by atoms with Crippen LogP contribution in [0.1, 0.15) is 42.2 Å². The standard InChI is InChI=1S/C21H21ClN6OS2/c1-12(30-21-27-26-18(28(21)24)13-7-9-14(22)10-8-13)19(29)25-20-16(11-23)15-5-3-2-4-6-17(15)31-20/h7-10,12H,2-6,24H2,1H3,(H,25,29). The summed E-state index contributed by atoms with van der Waals surface area (Å²) in [6.07, 6.45) is 5.26. The quantitative estimate of drug-likeness (QED) is 0.318. The molecule has 2 heterocycles. The van der Waals surface area contributed by atoms with Crippen LogP contribution in [0.2, 0.25) is 5.02 Å². The monoisotopic (exact) mass is 472 g/mol. The number of hydrogen-bond acceptors (Lipinski definition) is 7. The van der Waals surface area contributed by atoms with Crippen LogP contribution in [0.3, 0.4) is 0 Å². The van der Waals surface area contributed by atoms with Gasteiger partial charge in [-0.05, 0) is 62.4 Å². The summed E-state index contributed by atoms with van der Waals surface area (Å²) in [6.45, 7) is 1.78. The fourth-order valence-electron chi connectivity index (χ4n) is 3.53. The van der Waals surface area contributed by atoms with Crippen molar-refractivity contribution >= 4 is 45.6 Å². The van der Waals surface area contributed by atoms with Crippen molar-refractivity contribution in [3.63, 3.8) is 0 Å². The number of rotatable bonds is 5. The van der Waals surface area contributed by atoms with Crippen molar-refractivity contribution in [1.29, 1.82) is 5.26 Å². The van der Waals surface area contributed by atoms with Crippen molar-refractivity contribution in [3.8, 4) is 17.5 Å². The van der Waals surface area contributed by atoms with Gasteiger partial charge in [-0.2, -0.15) is 5.26 Å². The highest BCUT2D eigenvalue weighted by molar-refractivity contribution is 8.00. The van der Waals surface area contributed by atoms with E-state index in [0.29, 0.717) is 26.6 Å². The molecule has 31 heavy (non-hydrogen) atoms. The number of nitrogen functional groups attached to an aromatic ring is 1. The highest BCUT2D eigenvalue weighted by atomic mass is 35.5. The number of carbonyl (C=O) groups excluding carboxylic acids is 1. The predicted molar refractivity (Wildman–Crippen MR) is 125 cm³/mol. The molecule has 160 valence electrons. The Kier molecular flexibility index (Phi) is 6.51. The first kappa shape index (κ1) is 21.7. The third kappa shape index (κ3) is 4.56. The van der Waals surface area contributed by atoms with Gasteiger partial charge in [-0.3, -0.25) is 4.79 Å². The third-order valence-corrected chi connectivity index (χ3v) is 7.70. The summed E-state index contributed by atoms with van der Waals surface area (Å²) < 4.78 is 1.37. The van der Waals surface area contributed by atoms with Crippen LogP contribution in [0.15, 0.2) is 29.4 Å². The van der Waals surface area contributed by atoms with Gasteiger partial charge < -0.3 is 11.2 Å². The summed E-state index contributed by atoms with van der Waals surface area (Å²) in [5.41, 5.74) is 2.50. The van der Waals surface area contributed by atoms with E-state index in [1.165, 1.54) is 39.1 Å². The first-order valence-corrected chi connectivity index (χ1v) is 12.0. The van der Waals surface area contributed by atoms with Crippen LogP contribution in [-0.2, 0) is 17.6 Å². The number of thiophene rings is 1. The molecule has 0 saturated carbocycles. The average Bonchev–Trinajstić information content (AvgIpc) is 3.18. The second kappa shape index (κ2) is 9.30. The Morgan fingerprint density at radius 1 is 1.29 bits per heavy atom. The molecule has 3 aromatic rings. The Morgan fingerprint density at radius 3 is 2.77 bits per heavy atom. The van der Waals surface area contributed by atoms with Crippen molar-refractivity contribution in [1.82, 2.24) is 14.9 Å². The fraction of sp³-hybridized carbons (Fsp3) is 0.333. The molecule has 2 aromatic heterocycles. The smallest absolute Gasteiger partial charge is 0.238 e. The molecule has 3 N–H and O–H groups in total. The highest BCUT2D eigenvalue weighted by Crippen LogP contribution is 2.37. The maximum atomic E-state index is 12.8. The molecule has 4 rings (SSSR count). The highest BCUT2D eigenvalue weighted by Gasteiger charge is 2.24. The molecule has 0 saturated heterocycles. The second-order valence-electron chi connectivity index (χ2n) is 7.31. The minimum absolute atomic E-state index is 0.200. The molecule has 1 aliphatic carbocycles. The van der Waals surface area contributed by atoms with Gasteiger partial charge in [0.15, 0.2) is 5.82 Å². The molecule has 0 bridgehead atoms. The van der Waals surface area contributed by atoms with Crippen LogP contribution in [0.4, 0.5) is 5.00 Å². The molecule has 0 spiro atoms. The van der Waals surface area contributed by atoms with Crippen molar-refractivity contribution in [2.75, 3.05) is 11.2 Å². The van der Waals surface area contributed by atoms with Gasteiger partial charge in [0.25, 0.3) is 0 Å². The number of thioether (sulfide) groups is 1. The third-order valence-electron chi connectivity index (χ3n) is 5.19. The van der Waals surface area contributed by atoms with Crippen LogP contribution in [0, 0.1) is 11.3 Å². The molecule has 10 heteroatoms. The Morgan fingerprint density at radius 2 is 2.03 bits per heavy atom. The van der Waals surface area contributed by atoms with Gasteiger partial charge in [-0.15, -0.1) is 21.5 Å². The summed E-state index contributed by atoms with van der Waals surface area (Å²) in [7, 11) is 0. The Hall–Kier alpha value is -2.54. The van der Waals surface area contributed by atoms with Crippen LogP contribution in [0.5, 0.6) is 0 Å². The SMILES string of the molecule is CC(Sc1nnc(-c2ccc(Cl)cc2)n1N)C(=O)Nc1sc2c(c1C#N)CCCCC2. The Labute approximate surface area is 193 Å². The van der Waals surface area contributed by atoms with Crippen molar-refractivity contribution in [2.45, 2.75) is 49.4 Å². The first-order valence-electron chi connectivity index (χ1n) is 9.96. The number of anilines is 1. The maximum absolute atomic E-state index is 12.8. The van der Waals surface area contributed by atoms with E-state index in [0.717, 1.165) is 36.8 Å². The molecular weight excluding hydrogens is 452 g/mol. The zero-order valence-electron chi connectivity index (χ0n) is 16.9. The number of nitriles is 1. The van der Waals surface area contributed by atoms with E-state index in [1.807, 2.05) is 12.1 Å². The van der Waals surface area contributed by atoms with E-state index >= 15 is 0 Å². The number of nitrogens with one attached hydrogen (secondary N) is 1. The fourth-order valence-corrected chi connectivity index (χ4v) is 5.67. The van der Waals surface area contributed by atoms with E-state index in [9.17, 15) is 10.1 Å². The van der Waals surface area contributed by atoms with Crippen molar-refractivity contribution in [2.24, 2.45) is 0 Å². The van der Waals surface area contributed by atoms with Crippen molar-refractivity contribution in [3.05, 3.63) is 45.3 Å². The topological polar surface area (TPSA) is 110 Å². The van der Waals surface area contributed by atoms with Crippen LogP contribution in [-0.4, -0.2) is 26.0 Å². The summed E-state index contributed by atoms with van der Waals surface area (Å²) >= 11 is 8.68. The van der Waals surface area contributed by atoms with Gasteiger partial charge >= 0.3 is 0 Å². The maximum Gasteiger partial charge on any atom is 0.238 e. The summed E-state index contributed by atoms with van der Waals surface area (Å²) in [6, 6.07) is 9.42. The van der Waals surface area contributed by atoms with Crippen LogP contribution in [0.25, 0.3) is 11.4 Å². The van der Waals surface area contributed by atoms with Gasteiger partial charge in [-0.1, -0.05) is 29.8 Å². The molecule has 1 aromatic carbocycles. The molecule has 0 radical (unpaired) electrons. The lowest BCUT2D eigenvalue weighted by atomic mass is 10.1. The van der Waals surface area contributed by atoms with Crippen LogP contribution >= 0.6 is 34.7 Å². The van der Waals surface area contributed by atoms with Gasteiger partial charge in [0, 0.05) is 15.5 Å². The summed E-state index contributed by atoms with van der Waals surface area (Å²) in [5.74, 6) is 6.45. The van der Waals surface area contributed by atoms with E-state index in [2.05, 4.69) is 21.6 Å². The lowest BCUT2D eigenvalue weighted by Gasteiger charge is -2.11. The lowest BCUT2D eigenvalue weighted by Crippen LogP contribution is -2.23. The number of nitrogens with zero attached hydrogens (tertiary/aromatic N) is 4. The number of halogens is 1. The summed E-state index contributed by atoms with van der Waals surface area (Å²) in [5, 5.41) is 22.1. The number of benzene rings is 1. The molecular formula is C21H21ClN6OS2. The van der Waals surface area contributed by atoms with Gasteiger partial charge in [-0.25, -0.2) is 4.68 Å². The largest absolute Gasteiger partial charge is 0.335 e. The van der Waals surface area contributed by atoms with Gasteiger partial charge in [0.05, 0.1) is 10.8 Å². The number of fused-ring (bicyclic) bond motifs is 1. The second-order valence-corrected chi connectivity index (χ2v) is 10.2. The summed E-state index contributed by atoms with van der Waals surface area (Å²) in [4.78, 5) is 14.1. The molecule has 7 nitrogen and oxygen atoms in total. The van der Waals surface area contributed by atoms with Gasteiger partial charge in [0.1, 0.15) is 11.1 Å². The number of aromatic nitrogens is 3. The number of amides is 1. The Balaban J connectivity index is 1.48. The average molecular weight is 473 g/mol. The normalized spacial score (nSPS) is 14.4. The predicted octanol–water partition coefficient (Wildman–Crippen LogP) is 4.63. The van der Waals surface area contributed by atoms with Crippen LogP contribution < -0.4 is 11.2 Å². The molecule has 1 aliphatic rings. The number of nitrogens with two attached hydrogens (primary N) is 1.